The summed E-state index contributed by atoms with van der Waals surface area (Å²) < 4.78 is 51.6. The first-order valence-corrected chi connectivity index (χ1v) is 19.1. The van der Waals surface area contributed by atoms with Gasteiger partial charge in [0, 0.05) is 122 Å². The maximum absolute atomic E-state index is 14.2. The molecule has 2 aliphatic rings. The van der Waals surface area contributed by atoms with Crippen molar-refractivity contribution in [2.24, 2.45) is 0 Å². The second-order valence-corrected chi connectivity index (χ2v) is 14.5. The predicted molar refractivity (Wildman–Crippen MR) is 217 cm³/mol. The number of ether oxygens (including phenoxy) is 2. The fourth-order valence-corrected chi connectivity index (χ4v) is 8.02. The van der Waals surface area contributed by atoms with Crippen molar-refractivity contribution in [1.82, 2.24) is 19.8 Å². The molecule has 4 heterocycles. The molecular weight excluding hydrogens is 702 g/mol. The summed E-state index contributed by atoms with van der Waals surface area (Å²) in [4.78, 5) is 16.4. The number of nitrogens with one attached hydrogen (secondary N) is 2. The van der Waals surface area contributed by atoms with E-state index in [1.54, 1.807) is 24.3 Å². The summed E-state index contributed by atoms with van der Waals surface area (Å²) in [5.74, 6) is -0.292. The molecule has 8 nitrogen and oxygen atoms in total. The minimum absolute atomic E-state index is 0.203. The number of aryl methyl sites for hydroxylation is 2. The zero-order valence-corrected chi connectivity index (χ0v) is 32.2. The summed E-state index contributed by atoms with van der Waals surface area (Å²) in [5.41, 5.74) is 8.77. The van der Waals surface area contributed by atoms with Crippen LogP contribution in [-0.4, -0.2) is 99.4 Å². The molecule has 55 heavy (non-hydrogen) atoms. The summed E-state index contributed by atoms with van der Waals surface area (Å²) in [5, 5.41) is 1.90. The van der Waals surface area contributed by atoms with E-state index in [1.165, 1.54) is 37.6 Å². The van der Waals surface area contributed by atoms with Gasteiger partial charge in [-0.05, 0) is 86.3 Å². The molecule has 0 spiro atoms. The molecule has 0 unspecified atom stereocenters. The van der Waals surface area contributed by atoms with Gasteiger partial charge in [0.2, 0.25) is 0 Å². The number of halogens is 3. The number of H-pyrrole nitrogens is 2. The Morgan fingerprint density at radius 2 is 0.964 bits per heavy atom. The molecule has 2 N–H and O–H groups in total. The SMILES string of the molecule is COc1cc2[nH]c(C)c(CCN3CCN(c4ccc(F)cc4)CC3)c2cc1F.COc1cc2[nH]c(C)c(CCN3CCN(c4ccccc4)CC3)c2cc1F. The van der Waals surface area contributed by atoms with Gasteiger partial charge < -0.3 is 29.2 Å². The lowest BCUT2D eigenvalue weighted by molar-refractivity contribution is 0.261. The number of benzene rings is 4. The summed E-state index contributed by atoms with van der Waals surface area (Å²) in [7, 11) is 2.97. The van der Waals surface area contributed by atoms with Gasteiger partial charge >= 0.3 is 0 Å². The second kappa shape index (κ2) is 17.1. The largest absolute Gasteiger partial charge is 0.494 e. The van der Waals surface area contributed by atoms with Crippen molar-refractivity contribution < 1.29 is 22.6 Å². The molecule has 2 aromatic heterocycles. The molecule has 2 saturated heterocycles. The molecule has 0 saturated carbocycles. The van der Waals surface area contributed by atoms with Crippen LogP contribution in [0.5, 0.6) is 11.5 Å². The number of hydrogen-bond donors (Lipinski definition) is 2. The maximum Gasteiger partial charge on any atom is 0.165 e. The summed E-state index contributed by atoms with van der Waals surface area (Å²) in [6, 6.07) is 23.9. The molecule has 11 heteroatoms. The van der Waals surface area contributed by atoms with Crippen LogP contribution in [0.25, 0.3) is 21.8 Å². The highest BCUT2D eigenvalue weighted by atomic mass is 19.1. The van der Waals surface area contributed by atoms with Crippen LogP contribution >= 0.6 is 0 Å². The van der Waals surface area contributed by atoms with Crippen LogP contribution in [0.4, 0.5) is 24.5 Å². The zero-order valence-electron chi connectivity index (χ0n) is 32.2. The number of hydrogen-bond acceptors (Lipinski definition) is 6. The molecule has 4 aromatic carbocycles. The first-order valence-electron chi connectivity index (χ1n) is 19.1. The van der Waals surface area contributed by atoms with Crippen LogP contribution in [0.2, 0.25) is 0 Å². The van der Waals surface area contributed by atoms with Gasteiger partial charge in [-0.2, -0.15) is 0 Å². The first kappa shape index (κ1) is 38.2. The van der Waals surface area contributed by atoms with Crippen molar-refractivity contribution >= 4 is 33.2 Å². The van der Waals surface area contributed by atoms with Gasteiger partial charge in [0.25, 0.3) is 0 Å². The van der Waals surface area contributed by atoms with Crippen molar-refractivity contribution in [3.8, 4) is 11.5 Å². The van der Waals surface area contributed by atoms with Gasteiger partial charge in [0.05, 0.1) is 14.2 Å². The molecule has 0 aliphatic carbocycles. The van der Waals surface area contributed by atoms with Crippen LogP contribution in [0.15, 0.2) is 78.9 Å². The average molecular weight is 753 g/mol. The standard InChI is InChI=1S/C22H25F2N3O.C22H26FN3O/c1-15-18(19-13-20(24)22(28-2)14-21(19)25-15)7-8-26-9-11-27(12-10-26)17-5-3-16(23)4-6-17;1-16-18(19-14-20(23)22(27-2)15-21(19)24-16)8-9-25-10-12-26(13-11-25)17-6-4-3-5-7-17/h3-6,13-14,25H,7-12H2,1-2H3;3-7,14-15,24H,8-13H2,1-2H3. The third-order valence-electron chi connectivity index (χ3n) is 11.2. The van der Waals surface area contributed by atoms with E-state index in [9.17, 15) is 13.2 Å². The smallest absolute Gasteiger partial charge is 0.165 e. The number of anilines is 2. The molecule has 2 aliphatic heterocycles. The maximum atomic E-state index is 14.2. The molecule has 0 radical (unpaired) electrons. The number of methoxy groups -OCH3 is 2. The van der Waals surface area contributed by atoms with E-state index in [1.807, 2.05) is 19.1 Å². The Morgan fingerprint density at radius 3 is 1.38 bits per heavy atom. The minimum Gasteiger partial charge on any atom is -0.494 e. The van der Waals surface area contributed by atoms with Crippen LogP contribution in [0.1, 0.15) is 22.5 Å². The van der Waals surface area contributed by atoms with Crippen molar-refractivity contribution in [3.05, 3.63) is 119 Å². The van der Waals surface area contributed by atoms with Gasteiger partial charge in [-0.3, -0.25) is 9.80 Å². The molecule has 0 bridgehead atoms. The normalized spacial score (nSPS) is 15.4. The molecule has 6 aromatic rings. The van der Waals surface area contributed by atoms with Gasteiger partial charge in [-0.25, -0.2) is 13.2 Å². The Labute approximate surface area is 321 Å². The third kappa shape index (κ3) is 8.73. The van der Waals surface area contributed by atoms with Crippen molar-refractivity contribution in [2.75, 3.05) is 89.5 Å². The Kier molecular flexibility index (Phi) is 11.9. The molecule has 0 amide bonds. The zero-order chi connectivity index (χ0) is 38.5. The molecule has 0 atom stereocenters. The van der Waals surface area contributed by atoms with Crippen LogP contribution in [-0.2, 0) is 12.8 Å². The first-order chi connectivity index (χ1) is 26.7. The average Bonchev–Trinajstić information content (AvgIpc) is 3.68. The molecule has 8 rings (SSSR count). The number of fused-ring (bicyclic) bond motifs is 2. The van der Waals surface area contributed by atoms with E-state index < -0.39 is 0 Å². The number of aromatic nitrogens is 2. The van der Waals surface area contributed by atoms with Crippen LogP contribution in [0, 0.1) is 31.3 Å². The molecule has 2 fully saturated rings. The van der Waals surface area contributed by atoms with E-state index in [0.29, 0.717) is 0 Å². The molecule has 290 valence electrons. The van der Waals surface area contributed by atoms with E-state index in [2.05, 4.69) is 66.8 Å². The van der Waals surface area contributed by atoms with E-state index in [4.69, 9.17) is 9.47 Å². The van der Waals surface area contributed by atoms with E-state index in [-0.39, 0.29) is 29.0 Å². The lowest BCUT2D eigenvalue weighted by atomic mass is 10.1. The minimum atomic E-state index is -0.330. The molecular formula is C44H51F3N6O2. The highest BCUT2D eigenvalue weighted by Gasteiger charge is 2.21. The van der Waals surface area contributed by atoms with Gasteiger partial charge in [-0.15, -0.1) is 0 Å². The predicted octanol–water partition coefficient (Wildman–Crippen LogP) is 8.12. The van der Waals surface area contributed by atoms with Gasteiger partial charge in [-0.1, -0.05) is 18.2 Å². The third-order valence-corrected chi connectivity index (χ3v) is 11.2. The Morgan fingerprint density at radius 1 is 0.545 bits per heavy atom. The van der Waals surface area contributed by atoms with Crippen LogP contribution < -0.4 is 19.3 Å². The number of aromatic amines is 2. The monoisotopic (exact) mass is 752 g/mol. The number of piperazine rings is 2. The lowest BCUT2D eigenvalue weighted by Gasteiger charge is -2.36. The highest BCUT2D eigenvalue weighted by molar-refractivity contribution is 5.87. The van der Waals surface area contributed by atoms with Crippen LogP contribution in [0.3, 0.4) is 0 Å². The van der Waals surface area contributed by atoms with E-state index >= 15 is 0 Å². The summed E-state index contributed by atoms with van der Waals surface area (Å²) in [6.07, 6.45) is 1.79. The van der Waals surface area contributed by atoms with Crippen molar-refractivity contribution in [2.45, 2.75) is 26.7 Å². The Hall–Kier alpha value is -5.13. The Balaban J connectivity index is 0.000000169. The van der Waals surface area contributed by atoms with Crippen molar-refractivity contribution in [1.29, 1.82) is 0 Å². The Bertz CT molecular complexity index is 2190. The van der Waals surface area contributed by atoms with Crippen molar-refractivity contribution in [3.63, 3.8) is 0 Å². The fraction of sp³-hybridized carbons (Fsp3) is 0.364. The number of nitrogens with zero attached hydrogens (tertiary/aromatic N) is 4. The summed E-state index contributed by atoms with van der Waals surface area (Å²) in [6.45, 7) is 14.0. The van der Waals surface area contributed by atoms with E-state index in [0.717, 1.165) is 123 Å². The number of para-hydroxylation sites is 1. The highest BCUT2D eigenvalue weighted by Crippen LogP contribution is 2.31. The lowest BCUT2D eigenvalue weighted by Crippen LogP contribution is -2.47. The summed E-state index contributed by atoms with van der Waals surface area (Å²) >= 11 is 0. The second-order valence-electron chi connectivity index (χ2n) is 14.5. The number of rotatable bonds is 10. The van der Waals surface area contributed by atoms with Gasteiger partial charge in [0.1, 0.15) is 5.82 Å². The topological polar surface area (TPSA) is 63.0 Å². The quantitative estimate of drug-likeness (QED) is 0.148. The van der Waals surface area contributed by atoms with Gasteiger partial charge in [0.15, 0.2) is 23.1 Å². The fourth-order valence-electron chi connectivity index (χ4n) is 8.02.